The van der Waals surface area contributed by atoms with Gasteiger partial charge < -0.3 is 0 Å². The first-order valence-corrected chi connectivity index (χ1v) is 10.8. The molecule has 0 radical (unpaired) electrons. The van der Waals surface area contributed by atoms with Crippen LogP contribution in [0.4, 0.5) is 0 Å². The zero-order valence-electron chi connectivity index (χ0n) is 16.3. The molecule has 0 saturated carbocycles. The van der Waals surface area contributed by atoms with Gasteiger partial charge in [0.25, 0.3) is 0 Å². The van der Waals surface area contributed by atoms with Crippen LogP contribution in [0.15, 0.2) is 42.7 Å². The van der Waals surface area contributed by atoms with Crippen molar-refractivity contribution in [2.75, 3.05) is 0 Å². The average molecular weight is 461 g/mol. The molecular formula is C20H30Cl2SiZr. The number of hydrogen-bond donors (Lipinski definition) is 0. The molecule has 0 nitrogen and oxygen atoms in total. The van der Waals surface area contributed by atoms with Crippen molar-refractivity contribution in [2.45, 2.75) is 61.8 Å². The van der Waals surface area contributed by atoms with Crippen molar-refractivity contribution in [2.24, 2.45) is 17.3 Å². The fourth-order valence-corrected chi connectivity index (χ4v) is 8.35. The van der Waals surface area contributed by atoms with Gasteiger partial charge in [0.1, 0.15) is 0 Å². The molecule has 0 aromatic rings. The van der Waals surface area contributed by atoms with Crippen LogP contribution in [0.2, 0.25) is 0 Å². The molecule has 2 rings (SSSR count). The Morgan fingerprint density at radius 3 is 1.71 bits per heavy atom. The van der Waals surface area contributed by atoms with Crippen LogP contribution in [0.1, 0.15) is 61.8 Å². The van der Waals surface area contributed by atoms with E-state index in [9.17, 15) is 0 Å². The van der Waals surface area contributed by atoms with Crippen LogP contribution in [0.5, 0.6) is 0 Å². The van der Waals surface area contributed by atoms with Crippen LogP contribution >= 0.6 is 23.2 Å². The van der Waals surface area contributed by atoms with Crippen LogP contribution in [0, 0.1) is 17.3 Å². The zero-order valence-corrected chi connectivity index (χ0v) is 21.7. The Morgan fingerprint density at radius 2 is 1.38 bits per heavy atom. The second-order valence-corrected chi connectivity index (χ2v) is 10.5. The predicted octanol–water partition coefficient (Wildman–Crippen LogP) is 6.44. The topological polar surface area (TPSA) is 0 Å². The Bertz CT molecular complexity index is 655. The van der Waals surface area contributed by atoms with E-state index in [0.29, 0.717) is 11.8 Å². The molecule has 0 spiro atoms. The van der Waals surface area contributed by atoms with E-state index in [2.05, 4.69) is 55.4 Å². The molecule has 0 saturated heterocycles. The Hall–Kier alpha value is 0.640. The quantitative estimate of drug-likeness (QED) is 0.423. The van der Waals surface area contributed by atoms with Crippen molar-refractivity contribution in [3.05, 3.63) is 42.7 Å². The van der Waals surface area contributed by atoms with Crippen LogP contribution in [-0.4, -0.2) is 9.52 Å². The van der Waals surface area contributed by atoms with Crippen molar-refractivity contribution in [3.8, 4) is 0 Å². The van der Waals surface area contributed by atoms with Gasteiger partial charge in [-0.25, -0.2) is 0 Å². The molecule has 0 atom stereocenters. The minimum atomic E-state index is -0.547. The minimum absolute atomic E-state index is 0. The molecule has 0 N–H and O–H groups in total. The maximum Gasteiger partial charge on any atom is 0.0882 e. The third-order valence-corrected chi connectivity index (χ3v) is 10.1. The molecule has 0 fully saturated rings. The average Bonchev–Trinajstić information content (AvgIpc) is 2.79. The van der Waals surface area contributed by atoms with E-state index in [1.807, 2.05) is 0 Å². The van der Waals surface area contributed by atoms with Gasteiger partial charge in [-0.2, -0.15) is 0 Å². The van der Waals surface area contributed by atoms with E-state index in [1.165, 1.54) is 22.3 Å². The van der Waals surface area contributed by atoms with E-state index < -0.39 is 9.52 Å². The van der Waals surface area contributed by atoms with E-state index in [4.69, 9.17) is 23.2 Å². The van der Waals surface area contributed by atoms with Gasteiger partial charge in [0.2, 0.25) is 0 Å². The largest absolute Gasteiger partial charge is 0.0885 e. The fourth-order valence-electron chi connectivity index (χ4n) is 4.86. The van der Waals surface area contributed by atoms with Crippen LogP contribution in [0.25, 0.3) is 0 Å². The summed E-state index contributed by atoms with van der Waals surface area (Å²) in [6, 6.07) is 0. The number of rotatable bonds is 4. The maximum absolute atomic E-state index is 6.96. The zero-order chi connectivity index (χ0) is 17.7. The van der Waals surface area contributed by atoms with Gasteiger partial charge in [0.15, 0.2) is 0 Å². The molecule has 0 aromatic carbocycles. The molecular weight excluding hydrogens is 430 g/mol. The van der Waals surface area contributed by atoms with Gasteiger partial charge in [-0.15, -0.1) is 0 Å². The fraction of sp³-hybridized carbons (Fsp3) is 0.600. The van der Waals surface area contributed by atoms with Gasteiger partial charge in [0.05, 0.1) is 9.52 Å². The molecule has 2 aliphatic carbocycles. The normalized spacial score (nSPS) is 21.5. The van der Waals surface area contributed by atoms with E-state index in [-0.39, 0.29) is 31.6 Å². The molecule has 0 amide bonds. The smallest absolute Gasteiger partial charge is 0.0882 e. The summed E-state index contributed by atoms with van der Waals surface area (Å²) in [5.74, 6) is 1.02. The Balaban J connectivity index is 0.00000288. The third-order valence-electron chi connectivity index (χ3n) is 6.19. The van der Waals surface area contributed by atoms with Crippen molar-refractivity contribution in [3.63, 3.8) is 0 Å². The van der Waals surface area contributed by atoms with Gasteiger partial charge in [-0.1, -0.05) is 72.4 Å². The summed E-state index contributed by atoms with van der Waals surface area (Å²) in [7, 11) is -0.547. The Morgan fingerprint density at radius 1 is 0.875 bits per heavy atom. The van der Waals surface area contributed by atoms with Crippen molar-refractivity contribution in [1.82, 2.24) is 0 Å². The molecule has 0 aromatic heterocycles. The first kappa shape index (κ1) is 22.7. The van der Waals surface area contributed by atoms with Gasteiger partial charge in [-0.05, 0) is 50.7 Å². The SMILES string of the molecule is CC1=C([SiH2]C2=C(C)C(C(C)C)(C(C)C)C(Cl)=C2C)C(C)=C(Cl)C1.[Zr]. The molecule has 132 valence electrons. The molecule has 0 aliphatic heterocycles. The second kappa shape index (κ2) is 8.12. The summed E-state index contributed by atoms with van der Waals surface area (Å²) in [6.45, 7) is 18.2. The minimum Gasteiger partial charge on any atom is -0.0885 e. The first-order valence-electron chi connectivity index (χ1n) is 8.68. The summed E-state index contributed by atoms with van der Waals surface area (Å²) in [5, 5.41) is 5.24. The van der Waals surface area contributed by atoms with Crippen molar-refractivity contribution < 1.29 is 26.2 Å². The summed E-state index contributed by atoms with van der Waals surface area (Å²) < 4.78 is 0. The van der Waals surface area contributed by atoms with E-state index in [1.54, 1.807) is 10.4 Å². The van der Waals surface area contributed by atoms with Crippen LogP contribution in [-0.2, 0) is 26.2 Å². The van der Waals surface area contributed by atoms with Crippen LogP contribution in [0.3, 0.4) is 0 Å². The summed E-state index contributed by atoms with van der Waals surface area (Å²) >= 11 is 13.4. The summed E-state index contributed by atoms with van der Waals surface area (Å²) in [5.41, 5.74) is 5.67. The number of halogens is 2. The molecule has 4 heteroatoms. The third kappa shape index (κ3) is 3.30. The van der Waals surface area contributed by atoms with Crippen molar-refractivity contribution in [1.29, 1.82) is 0 Å². The second-order valence-electron chi connectivity index (χ2n) is 7.86. The summed E-state index contributed by atoms with van der Waals surface area (Å²) in [4.78, 5) is 0. The number of allylic oxidation sites excluding steroid dienone is 8. The number of hydrogen-bond acceptors (Lipinski definition) is 0. The van der Waals surface area contributed by atoms with Gasteiger partial charge >= 0.3 is 0 Å². The molecule has 2 aliphatic rings. The first-order chi connectivity index (χ1) is 10.6. The monoisotopic (exact) mass is 458 g/mol. The predicted molar refractivity (Wildman–Crippen MR) is 108 cm³/mol. The standard InChI is InChI=1S/C20H30Cl2Si.Zr/c1-10(2)20(11(3)4)15(8)18(14(7)19(20)22)23-17-12(5)9-16(21)13(17)6;/h10-11H,9,23H2,1-8H3;. The summed E-state index contributed by atoms with van der Waals surface area (Å²) in [6.07, 6.45) is 0.943. The Kier molecular flexibility index (Phi) is 7.67. The van der Waals surface area contributed by atoms with Gasteiger partial charge in [-0.3, -0.25) is 0 Å². The molecule has 24 heavy (non-hydrogen) atoms. The van der Waals surface area contributed by atoms with E-state index >= 15 is 0 Å². The maximum atomic E-state index is 6.96. The molecule has 0 bridgehead atoms. The molecule has 0 unspecified atom stereocenters. The van der Waals surface area contributed by atoms with E-state index in [0.717, 1.165) is 16.5 Å². The molecule has 0 heterocycles. The Labute approximate surface area is 179 Å². The van der Waals surface area contributed by atoms with Gasteiger partial charge in [0, 0.05) is 48.1 Å². The van der Waals surface area contributed by atoms with Crippen LogP contribution < -0.4 is 0 Å². The van der Waals surface area contributed by atoms with Crippen molar-refractivity contribution >= 4 is 32.7 Å².